The minimum atomic E-state index is 0.372. The van der Waals surface area contributed by atoms with Crippen LogP contribution in [-0.4, -0.2) is 9.06 Å². The van der Waals surface area contributed by atoms with Crippen molar-refractivity contribution in [3.63, 3.8) is 0 Å². The van der Waals surface area contributed by atoms with Crippen LogP contribution < -0.4 is 5.35 Å². The molecule has 2 heteroatoms. The van der Waals surface area contributed by atoms with Crippen LogP contribution in [0.4, 0.5) is 0 Å². The summed E-state index contributed by atoms with van der Waals surface area (Å²) in [5.41, 5.74) is 8.28. The van der Waals surface area contributed by atoms with Gasteiger partial charge in [0.15, 0.2) is 0 Å². The Balaban J connectivity index is 1.31. The van der Waals surface area contributed by atoms with E-state index in [1.54, 1.807) is 0 Å². The number of benzene rings is 5. The molecule has 1 aliphatic carbocycles. The van der Waals surface area contributed by atoms with Crippen LogP contribution in [0.15, 0.2) is 126 Å². The molecule has 0 saturated carbocycles. The van der Waals surface area contributed by atoms with Crippen LogP contribution in [0.1, 0.15) is 57.1 Å². The average Bonchev–Trinajstić information content (AvgIpc) is 3.63. The molecule has 0 saturated heterocycles. The van der Waals surface area contributed by atoms with Gasteiger partial charge in [-0.05, 0) is 0 Å². The van der Waals surface area contributed by atoms with E-state index in [4.69, 9.17) is 15.0 Å². The Hall–Kier alpha value is -4.00. The summed E-state index contributed by atoms with van der Waals surface area (Å²) in [5.74, 6) is 0.372. The van der Waals surface area contributed by atoms with Gasteiger partial charge in [0.1, 0.15) is 0 Å². The topological polar surface area (TPSA) is 4.93 Å². The molecule has 1 nitrogen and oxygen atoms in total. The van der Waals surface area contributed by atoms with E-state index in [0.29, 0.717) is 5.92 Å². The molecule has 0 N–H and O–H groups in total. The van der Waals surface area contributed by atoms with Crippen molar-refractivity contribution in [1.29, 1.82) is 0 Å². The Kier molecular flexibility index (Phi) is 8.20. The summed E-state index contributed by atoms with van der Waals surface area (Å²) in [4.78, 5) is 0. The molecule has 1 atom stereocenters. The average molecular weight is 616 g/mol. The molecular weight excluding hydrogens is 577 g/mol. The number of hydrogen-bond acceptors (Lipinski definition) is 0. The first-order chi connectivity index (χ1) is 21.6. The fourth-order valence-corrected chi connectivity index (χ4v) is 7.76. The normalized spacial score (nSPS) is 15.8. The van der Waals surface area contributed by atoms with Gasteiger partial charge in [-0.1, -0.05) is 31.5 Å². The van der Waals surface area contributed by atoms with Crippen LogP contribution in [0, 0.1) is 5.92 Å². The first-order valence-corrected chi connectivity index (χ1v) is 16.6. The van der Waals surface area contributed by atoms with E-state index >= 15 is 0 Å². The predicted molar refractivity (Wildman–Crippen MR) is 187 cm³/mol. The molecule has 44 heavy (non-hydrogen) atoms. The number of allylic oxidation sites excluding steroid dienone is 4. The number of rotatable bonds is 9. The van der Waals surface area contributed by atoms with Gasteiger partial charge in [-0.15, -0.1) is 0 Å². The number of fused-ring (bicyclic) bond motifs is 1. The van der Waals surface area contributed by atoms with E-state index in [1.807, 2.05) is 0 Å². The van der Waals surface area contributed by atoms with Gasteiger partial charge in [0, 0.05) is 0 Å². The molecule has 0 radical (unpaired) electrons. The van der Waals surface area contributed by atoms with Crippen LogP contribution in [-0.2, 0) is 21.6 Å². The fraction of sp³-hybridized carbons (Fsp3) is 0.214. The van der Waals surface area contributed by atoms with E-state index in [0.717, 1.165) is 30.3 Å². The third kappa shape index (κ3) is 5.31. The van der Waals surface area contributed by atoms with Crippen molar-refractivity contribution < 1.29 is 15.0 Å². The van der Waals surface area contributed by atoms with Crippen LogP contribution in [0.3, 0.4) is 0 Å². The zero-order chi connectivity index (χ0) is 30.0. The van der Waals surface area contributed by atoms with E-state index in [2.05, 4.69) is 140 Å². The number of nitrogens with zero attached hydrogens (tertiary/aromatic N) is 1. The second-order valence-electron chi connectivity index (χ2n) is 12.2. The van der Waals surface area contributed by atoms with Crippen molar-refractivity contribution in [1.82, 2.24) is 4.57 Å². The molecule has 1 aliphatic rings. The number of aryl methyl sites for hydroxylation is 1. The maximum absolute atomic E-state index is 5.75. The standard InChI is InChI=1S/C42H39N.Ni/c1-3-4-29-43-39(38-21-11-18-34-19-12-22-40(43)42(34)38)28-26-35-25-27-36(41(35)33-14-6-5-7-15-33)30(2)23-24-32-17-10-16-31-13-8-9-20-37(31)32;/h5-22,26,28,30H,3-4,23,25,27,29H2,1-2H3;/b35-26+,39-28+;. The van der Waals surface area contributed by atoms with Crippen molar-refractivity contribution in [2.24, 2.45) is 5.92 Å². The minimum absolute atomic E-state index is 0.372. The molecule has 0 amide bonds. The molecule has 222 valence electrons. The first kappa shape index (κ1) is 28.8. The number of unbranched alkanes of at least 4 members (excludes halogenated alkanes) is 1. The van der Waals surface area contributed by atoms with E-state index in [9.17, 15) is 0 Å². The van der Waals surface area contributed by atoms with Gasteiger partial charge in [-0.25, -0.2) is 0 Å². The predicted octanol–water partition coefficient (Wildman–Crippen LogP) is 10.2. The summed E-state index contributed by atoms with van der Waals surface area (Å²) in [6.07, 6.45) is 10.2. The molecule has 1 unspecified atom stereocenters. The van der Waals surface area contributed by atoms with Gasteiger partial charge in [-0.2, -0.15) is 0 Å². The van der Waals surface area contributed by atoms with Crippen LogP contribution >= 0.6 is 0 Å². The van der Waals surface area contributed by atoms with Gasteiger partial charge < -0.3 is 0 Å². The van der Waals surface area contributed by atoms with Crippen molar-refractivity contribution in [3.05, 3.63) is 143 Å². The monoisotopic (exact) mass is 615 g/mol. The van der Waals surface area contributed by atoms with Crippen molar-refractivity contribution in [2.45, 2.75) is 52.5 Å². The molecule has 1 heterocycles. The first-order valence-electron chi connectivity index (χ1n) is 16.1. The van der Waals surface area contributed by atoms with Crippen LogP contribution in [0.5, 0.6) is 0 Å². The fourth-order valence-electron chi connectivity index (χ4n) is 7.24. The van der Waals surface area contributed by atoms with E-state index in [-0.39, 0.29) is 0 Å². The Morgan fingerprint density at radius 1 is 0.773 bits per heavy atom. The molecule has 0 fully saturated rings. The summed E-state index contributed by atoms with van der Waals surface area (Å²) in [7, 11) is 0. The zero-order valence-corrected chi connectivity index (χ0v) is 26.6. The molecule has 6 aromatic rings. The molecular formula is C42H39NNi. The molecule has 0 bridgehead atoms. The second-order valence-corrected chi connectivity index (χ2v) is 12.8. The van der Waals surface area contributed by atoms with Crippen molar-refractivity contribution in [2.75, 3.05) is 0 Å². The summed E-state index contributed by atoms with van der Waals surface area (Å²) < 4.78 is 3.64. The van der Waals surface area contributed by atoms with Gasteiger partial charge in [0.2, 0.25) is 0 Å². The van der Waals surface area contributed by atoms with Crippen LogP contribution in [0.25, 0.3) is 44.1 Å². The SMILES string of the molecule is CCCCn1/c(=C/C=C2\CCC(C(C)C[C](=[Ni])c3cccc4ccccc34)=C2c2ccccc2)c2cccc3cccc1c32. The molecule has 0 aliphatic heterocycles. The quantitative estimate of drug-likeness (QED) is 0.143. The molecule has 7 rings (SSSR count). The third-order valence-corrected chi connectivity index (χ3v) is 9.89. The Morgan fingerprint density at radius 3 is 2.32 bits per heavy atom. The summed E-state index contributed by atoms with van der Waals surface area (Å²) in [5, 5.41) is 7.91. The van der Waals surface area contributed by atoms with Gasteiger partial charge in [0.25, 0.3) is 0 Å². The summed E-state index contributed by atoms with van der Waals surface area (Å²) >= 11 is 5.75. The van der Waals surface area contributed by atoms with Crippen LogP contribution in [0.2, 0.25) is 0 Å². The molecule has 1 aromatic heterocycles. The van der Waals surface area contributed by atoms with Gasteiger partial charge in [-0.3, -0.25) is 0 Å². The number of aromatic nitrogens is 1. The second kappa shape index (κ2) is 12.5. The van der Waals surface area contributed by atoms with Crippen molar-refractivity contribution >= 4 is 48.6 Å². The zero-order valence-electron chi connectivity index (χ0n) is 25.6. The van der Waals surface area contributed by atoms with Gasteiger partial charge in [0.05, 0.1) is 0 Å². The summed E-state index contributed by atoms with van der Waals surface area (Å²) in [6, 6.07) is 39.6. The molecule has 5 aromatic carbocycles. The number of hydrogen-bond donors (Lipinski definition) is 0. The van der Waals surface area contributed by atoms with Crippen molar-refractivity contribution in [3.8, 4) is 0 Å². The summed E-state index contributed by atoms with van der Waals surface area (Å²) in [6.45, 7) is 5.69. The maximum atomic E-state index is 5.75. The Labute approximate surface area is 268 Å². The molecule has 0 spiro atoms. The Morgan fingerprint density at radius 2 is 1.48 bits per heavy atom. The third-order valence-electron chi connectivity index (χ3n) is 9.42. The Bertz CT molecular complexity index is 2100. The van der Waals surface area contributed by atoms with Gasteiger partial charge >= 0.3 is 238 Å². The van der Waals surface area contributed by atoms with E-state index in [1.165, 1.54) is 78.5 Å². The van der Waals surface area contributed by atoms with E-state index < -0.39 is 0 Å².